The van der Waals surface area contributed by atoms with Crippen molar-refractivity contribution in [3.8, 4) is 22.6 Å². The maximum Gasteiger partial charge on any atom is 0.132 e. The van der Waals surface area contributed by atoms with Crippen LogP contribution in [-0.4, -0.2) is 10.6 Å². The van der Waals surface area contributed by atoms with Gasteiger partial charge in [0.15, 0.2) is 0 Å². The number of anilines is 8. The van der Waals surface area contributed by atoms with E-state index in [2.05, 4.69) is 335 Å². The first kappa shape index (κ1) is 50.5. The maximum absolute atomic E-state index is 6.69. The fraction of sp³-hybridized carbons (Fsp3) is 0.0465. The molecule has 0 bridgehead atoms. The molecule has 6 heteroatoms. The van der Waals surface area contributed by atoms with Crippen molar-refractivity contribution in [1.29, 1.82) is 0 Å². The van der Waals surface area contributed by atoms with Crippen LogP contribution in [-0.2, 0) is 10.8 Å². The number of hydrogen-bond acceptors (Lipinski definition) is 5. The number of fused-ring (bicyclic) bond motifs is 24. The van der Waals surface area contributed by atoms with E-state index in [1.54, 1.807) is 0 Å². The molecule has 2 atom stereocenters. The van der Waals surface area contributed by atoms with Crippen LogP contribution in [0.2, 0.25) is 0 Å². The zero-order chi connectivity index (χ0) is 60.0. The Morgan fingerprint density at radius 1 is 0.348 bits per heavy atom. The van der Waals surface area contributed by atoms with Crippen LogP contribution in [0.1, 0.15) is 61.6 Å². The highest BCUT2D eigenvalue weighted by Crippen LogP contribution is 2.66. The lowest BCUT2D eigenvalue weighted by Crippen LogP contribution is -2.39. The van der Waals surface area contributed by atoms with E-state index in [4.69, 9.17) is 4.74 Å². The zero-order valence-corrected chi connectivity index (χ0v) is 50.6. The van der Waals surface area contributed by atoms with Crippen LogP contribution in [0.4, 0.5) is 45.5 Å². The predicted octanol–water partition coefficient (Wildman–Crippen LogP) is 21.9. The first-order valence-electron chi connectivity index (χ1n) is 32.0. The monoisotopic (exact) mass is 1190 g/mol. The number of hydrogen-bond donors (Lipinski definition) is 0. The molecule has 7 aliphatic rings. The van der Waals surface area contributed by atoms with Crippen molar-refractivity contribution >= 4 is 90.3 Å². The number of allylic oxidation sites excluding steroid dienone is 2. The fourth-order valence-corrected chi connectivity index (χ4v) is 19.0. The summed E-state index contributed by atoms with van der Waals surface area (Å²) in [4.78, 5) is 10.2. The minimum Gasteiger partial charge on any atom is -0.457 e. The lowest BCUT2D eigenvalue weighted by molar-refractivity contribution is 0.434. The average Bonchev–Trinajstić information content (AvgIpc) is 1.09. The number of benzene rings is 13. The SMILES string of the molecule is C1=C(c2ccc(N3c4ccccc4C4(c5ccccc5Oc5ccccc54)c4ccccc43)cc2)C2c3ccccc3N3c4ccc(-c5ccc(N6c7ccccc7C7(c8ccccc8Sc8ccccc87)c7ccccc76)cc5)c5c6ccccc6n(c45)C(=C1)C23. The van der Waals surface area contributed by atoms with Crippen molar-refractivity contribution in [3.05, 3.63) is 371 Å². The molecule has 92 heavy (non-hydrogen) atoms. The summed E-state index contributed by atoms with van der Waals surface area (Å²) in [7, 11) is 0. The molecule has 2 spiro atoms. The molecule has 0 saturated heterocycles. The van der Waals surface area contributed by atoms with Gasteiger partial charge >= 0.3 is 0 Å². The summed E-state index contributed by atoms with van der Waals surface area (Å²) in [6, 6.07) is 113. The minimum atomic E-state index is -0.590. The molecular formula is C86H54N4OS. The van der Waals surface area contributed by atoms with Gasteiger partial charge in [0.05, 0.1) is 56.3 Å². The van der Waals surface area contributed by atoms with Crippen LogP contribution < -0.4 is 19.4 Å². The number of aromatic nitrogens is 1. The van der Waals surface area contributed by atoms with Crippen LogP contribution >= 0.6 is 11.8 Å². The second kappa shape index (κ2) is 18.6. The van der Waals surface area contributed by atoms with Crippen molar-refractivity contribution in [2.24, 2.45) is 0 Å². The average molecular weight is 1190 g/mol. The molecule has 430 valence electrons. The Hall–Kier alpha value is -11.3. The molecule has 2 unspecified atom stereocenters. The maximum atomic E-state index is 6.69. The van der Waals surface area contributed by atoms with Crippen molar-refractivity contribution in [1.82, 2.24) is 4.57 Å². The van der Waals surface area contributed by atoms with Gasteiger partial charge in [-0.1, -0.05) is 230 Å². The second-order valence-corrected chi connectivity index (χ2v) is 26.4. The molecule has 21 rings (SSSR count). The van der Waals surface area contributed by atoms with E-state index in [-0.39, 0.29) is 12.0 Å². The topological polar surface area (TPSA) is 23.9 Å². The molecule has 1 aromatic heterocycles. The smallest absolute Gasteiger partial charge is 0.132 e. The number of ether oxygens (including phenoxy) is 1. The molecule has 1 aliphatic carbocycles. The summed E-state index contributed by atoms with van der Waals surface area (Å²) in [6.45, 7) is 0. The van der Waals surface area contributed by atoms with Gasteiger partial charge in [0.2, 0.25) is 0 Å². The Balaban J connectivity index is 0.680. The van der Waals surface area contributed by atoms with Gasteiger partial charge in [-0.2, -0.15) is 0 Å². The van der Waals surface area contributed by atoms with Crippen molar-refractivity contribution in [3.63, 3.8) is 0 Å². The highest BCUT2D eigenvalue weighted by atomic mass is 32.2. The number of para-hydroxylation sites is 8. The first-order chi connectivity index (χ1) is 45.7. The Morgan fingerprint density at radius 3 is 1.36 bits per heavy atom. The highest BCUT2D eigenvalue weighted by Gasteiger charge is 2.54. The Bertz CT molecular complexity index is 5410. The largest absolute Gasteiger partial charge is 0.457 e. The third kappa shape index (κ3) is 6.39. The second-order valence-electron chi connectivity index (χ2n) is 25.3. The van der Waals surface area contributed by atoms with Crippen LogP contribution in [0.5, 0.6) is 11.5 Å². The highest BCUT2D eigenvalue weighted by molar-refractivity contribution is 7.99. The number of rotatable bonds is 4. The molecule has 0 fully saturated rings. The first-order valence-corrected chi connectivity index (χ1v) is 32.8. The molecule has 5 nitrogen and oxygen atoms in total. The lowest BCUT2D eigenvalue weighted by Gasteiger charge is -2.49. The molecule has 0 saturated carbocycles. The van der Waals surface area contributed by atoms with Gasteiger partial charge < -0.3 is 24.0 Å². The molecule has 14 aromatic rings. The van der Waals surface area contributed by atoms with E-state index in [0.717, 1.165) is 45.4 Å². The zero-order valence-electron chi connectivity index (χ0n) is 49.8. The summed E-state index contributed by atoms with van der Waals surface area (Å²) in [5.74, 6) is 1.86. The van der Waals surface area contributed by atoms with E-state index in [1.807, 2.05) is 11.8 Å². The third-order valence-corrected chi connectivity index (χ3v) is 22.4. The van der Waals surface area contributed by atoms with Gasteiger partial charge in [-0.25, -0.2) is 0 Å². The minimum absolute atomic E-state index is 0.0368. The van der Waals surface area contributed by atoms with Crippen molar-refractivity contribution in [2.45, 2.75) is 32.6 Å². The Kier molecular flexibility index (Phi) is 10.2. The third-order valence-electron chi connectivity index (χ3n) is 21.2. The molecule has 0 N–H and O–H groups in total. The van der Waals surface area contributed by atoms with Gasteiger partial charge in [-0.15, -0.1) is 0 Å². The summed E-state index contributed by atoms with van der Waals surface area (Å²) in [5.41, 5.74) is 28.4. The summed E-state index contributed by atoms with van der Waals surface area (Å²) in [5, 5.41) is 2.53. The van der Waals surface area contributed by atoms with Gasteiger partial charge in [0.25, 0.3) is 0 Å². The van der Waals surface area contributed by atoms with Crippen molar-refractivity contribution < 1.29 is 4.74 Å². The summed E-state index contributed by atoms with van der Waals surface area (Å²) in [6.07, 6.45) is 4.86. The predicted molar refractivity (Wildman–Crippen MR) is 376 cm³/mol. The van der Waals surface area contributed by atoms with E-state index in [1.165, 1.54) is 121 Å². The van der Waals surface area contributed by atoms with Crippen molar-refractivity contribution in [2.75, 3.05) is 14.7 Å². The summed E-state index contributed by atoms with van der Waals surface area (Å²) >= 11 is 1.88. The van der Waals surface area contributed by atoms with E-state index < -0.39 is 10.8 Å². The quantitative estimate of drug-likeness (QED) is 0.175. The number of nitrogens with zero attached hydrogens (tertiary/aromatic N) is 4. The lowest BCUT2D eigenvalue weighted by atomic mass is 9.61. The molecule has 6 aliphatic heterocycles. The molecule has 7 heterocycles. The van der Waals surface area contributed by atoms with E-state index in [9.17, 15) is 0 Å². The van der Waals surface area contributed by atoms with E-state index >= 15 is 0 Å². The molecule has 0 amide bonds. The van der Waals surface area contributed by atoms with E-state index in [0.29, 0.717) is 0 Å². The standard InChI is InChI=1S/C86H54N4OS/c1-11-31-69-59(21-1)81-57(53-41-45-55(46-42-53)87-71-33-13-3-23-61(71)85(62-24-4-14-34-72(62)87)65-27-7-17-37-77(65)91-78-38-18-8-28-66(78)85)49-51-75-83(81)89(69)76-52-50-58(82-60-22-2-12-32-70(60)90(75)84(76)82)54-43-47-56(48-44-54)88-73-35-15-5-25-63(73)86(64-26-6-16-36-74(64)88)67-29-9-19-39-79(67)92-80-40-20-10-30-68(80)86/h1-52,81,83H. The Morgan fingerprint density at radius 2 is 0.793 bits per heavy atom. The fourth-order valence-electron chi connectivity index (χ4n) is 17.8. The van der Waals surface area contributed by atoms with Gasteiger partial charge in [0.1, 0.15) is 11.5 Å². The molecular weight excluding hydrogens is 1140 g/mol. The molecule has 0 radical (unpaired) electrons. The van der Waals surface area contributed by atoms with Crippen LogP contribution in [0.25, 0.3) is 44.2 Å². The van der Waals surface area contributed by atoms with Gasteiger partial charge in [-0.3, -0.25) is 0 Å². The van der Waals surface area contributed by atoms with Crippen LogP contribution in [0.3, 0.4) is 0 Å². The van der Waals surface area contributed by atoms with Crippen LogP contribution in [0, 0.1) is 0 Å². The van der Waals surface area contributed by atoms with Gasteiger partial charge in [-0.05, 0) is 158 Å². The van der Waals surface area contributed by atoms with Crippen LogP contribution in [0.15, 0.2) is 325 Å². The summed E-state index contributed by atoms with van der Waals surface area (Å²) < 4.78 is 9.30. The normalized spacial score (nSPS) is 17.2. The molecule has 13 aromatic carbocycles. The van der Waals surface area contributed by atoms with Gasteiger partial charge in [0, 0.05) is 60.4 Å². The Labute approximate surface area is 537 Å².